The van der Waals surface area contributed by atoms with Crippen LogP contribution in [0.4, 0.5) is 5.69 Å². The second-order valence-corrected chi connectivity index (χ2v) is 8.43. The predicted octanol–water partition coefficient (Wildman–Crippen LogP) is 3.02. The molecule has 1 aliphatic carbocycles. The van der Waals surface area contributed by atoms with E-state index in [2.05, 4.69) is 5.32 Å². The van der Waals surface area contributed by atoms with Gasteiger partial charge in [0.25, 0.3) is 15.9 Å². The van der Waals surface area contributed by atoms with E-state index in [1.54, 1.807) is 42.5 Å². The van der Waals surface area contributed by atoms with Crippen LogP contribution in [-0.2, 0) is 14.8 Å². The molecule has 0 spiro atoms. The summed E-state index contributed by atoms with van der Waals surface area (Å²) in [7, 11) is -4.06. The minimum atomic E-state index is -4.06. The number of carbonyl (C=O) groups excluding carboxylic acids is 3. The number of hydrogen-bond acceptors (Lipinski definition) is 6. The van der Waals surface area contributed by atoms with Crippen molar-refractivity contribution in [3.05, 3.63) is 102 Å². The molecule has 0 atom stereocenters. The first kappa shape index (κ1) is 20.2. The summed E-state index contributed by atoms with van der Waals surface area (Å²) in [5.74, 6) is -1.93. The van der Waals surface area contributed by atoms with Crippen molar-refractivity contribution < 1.29 is 22.8 Å². The van der Waals surface area contributed by atoms with Gasteiger partial charge in [0.1, 0.15) is 0 Å². The topological polar surface area (TPSA) is 109 Å². The summed E-state index contributed by atoms with van der Waals surface area (Å²) in [6, 6.07) is 20.4. The van der Waals surface area contributed by atoms with E-state index in [9.17, 15) is 22.8 Å². The van der Waals surface area contributed by atoms with Gasteiger partial charge < -0.3 is 5.32 Å². The highest BCUT2D eigenvalue weighted by Crippen LogP contribution is 2.27. The second-order valence-electron chi connectivity index (χ2n) is 6.75. The van der Waals surface area contributed by atoms with Crippen LogP contribution in [0.5, 0.6) is 0 Å². The summed E-state index contributed by atoms with van der Waals surface area (Å²) >= 11 is 0. The Balaban J connectivity index is 1.54. The van der Waals surface area contributed by atoms with Gasteiger partial charge in [-0.25, -0.2) is 13.1 Å². The van der Waals surface area contributed by atoms with Crippen LogP contribution in [0.25, 0.3) is 5.70 Å². The molecule has 0 aromatic heterocycles. The quantitative estimate of drug-likeness (QED) is 0.600. The van der Waals surface area contributed by atoms with Crippen LogP contribution >= 0.6 is 0 Å². The zero-order valence-corrected chi connectivity index (χ0v) is 16.8. The molecule has 1 aliphatic rings. The van der Waals surface area contributed by atoms with Crippen molar-refractivity contribution >= 4 is 38.9 Å². The average Bonchev–Trinajstić information content (AvgIpc) is 2.78. The maximum Gasteiger partial charge on any atom is 0.264 e. The molecule has 3 aromatic rings. The van der Waals surface area contributed by atoms with Crippen LogP contribution in [0.3, 0.4) is 0 Å². The van der Waals surface area contributed by atoms with Crippen LogP contribution in [0.2, 0.25) is 0 Å². The molecule has 1 amide bonds. The highest BCUT2D eigenvalue weighted by Gasteiger charge is 2.25. The van der Waals surface area contributed by atoms with Gasteiger partial charge in [-0.2, -0.15) is 0 Å². The zero-order valence-electron chi connectivity index (χ0n) is 16.0. The van der Waals surface area contributed by atoms with Gasteiger partial charge >= 0.3 is 0 Å². The lowest BCUT2D eigenvalue weighted by Gasteiger charge is -2.18. The Bertz CT molecular complexity index is 1330. The predicted molar refractivity (Wildman–Crippen MR) is 115 cm³/mol. The van der Waals surface area contributed by atoms with Crippen LogP contribution in [0.15, 0.2) is 89.8 Å². The summed E-state index contributed by atoms with van der Waals surface area (Å²) in [6.45, 7) is 0. The number of hydrogen-bond donors (Lipinski definition) is 2. The largest absolute Gasteiger partial charge is 0.355 e. The molecular formula is C23H16N2O5S. The Kier molecular flexibility index (Phi) is 5.22. The number of benzene rings is 3. The van der Waals surface area contributed by atoms with E-state index in [0.29, 0.717) is 22.5 Å². The number of ketones is 2. The number of sulfonamides is 1. The summed E-state index contributed by atoms with van der Waals surface area (Å²) in [4.78, 5) is 36.1. The van der Waals surface area contributed by atoms with Crippen LogP contribution < -0.4 is 10.0 Å². The third-order valence-electron chi connectivity index (χ3n) is 4.67. The highest BCUT2D eigenvalue weighted by atomic mass is 32.2. The van der Waals surface area contributed by atoms with Gasteiger partial charge in [-0.3, -0.25) is 14.4 Å². The van der Waals surface area contributed by atoms with Gasteiger partial charge in [0.2, 0.25) is 11.6 Å². The lowest BCUT2D eigenvalue weighted by molar-refractivity contribution is -0.111. The molecule has 4 rings (SSSR count). The molecule has 0 aliphatic heterocycles. The molecule has 0 bridgehead atoms. The van der Waals surface area contributed by atoms with Crippen molar-refractivity contribution in [2.45, 2.75) is 4.90 Å². The Morgan fingerprint density at radius 2 is 1.35 bits per heavy atom. The van der Waals surface area contributed by atoms with E-state index in [1.165, 1.54) is 42.5 Å². The summed E-state index contributed by atoms with van der Waals surface area (Å²) in [6.07, 6.45) is 1.22. The normalized spacial score (nSPS) is 13.2. The minimum Gasteiger partial charge on any atom is -0.355 e. The molecule has 0 saturated heterocycles. The van der Waals surface area contributed by atoms with Gasteiger partial charge in [-0.15, -0.1) is 0 Å². The maximum atomic E-state index is 12.5. The number of amides is 1. The van der Waals surface area contributed by atoms with E-state index in [4.69, 9.17) is 0 Å². The molecule has 0 fully saturated rings. The number of carbonyl (C=O) groups is 3. The fraction of sp³-hybridized carbons (Fsp3) is 0. The Morgan fingerprint density at radius 3 is 2.03 bits per heavy atom. The number of rotatable bonds is 5. The number of nitrogens with one attached hydrogen (secondary N) is 2. The van der Waals surface area contributed by atoms with E-state index < -0.39 is 27.5 Å². The number of fused-ring (bicyclic) bond motifs is 1. The van der Waals surface area contributed by atoms with Crippen molar-refractivity contribution in [1.82, 2.24) is 4.72 Å². The van der Waals surface area contributed by atoms with Crippen molar-refractivity contribution in [1.29, 1.82) is 0 Å². The third kappa shape index (κ3) is 4.15. The number of anilines is 1. The summed E-state index contributed by atoms with van der Waals surface area (Å²) in [5, 5.41) is 3.04. The zero-order chi connectivity index (χ0) is 22.0. The molecule has 3 aromatic carbocycles. The molecule has 2 N–H and O–H groups in total. The molecule has 7 nitrogen and oxygen atoms in total. The van der Waals surface area contributed by atoms with Gasteiger partial charge in [-0.05, 0) is 36.4 Å². The van der Waals surface area contributed by atoms with Crippen LogP contribution in [-0.4, -0.2) is 25.9 Å². The molecule has 0 radical (unpaired) electrons. The third-order valence-corrected chi connectivity index (χ3v) is 6.01. The van der Waals surface area contributed by atoms with Crippen LogP contribution in [0.1, 0.15) is 26.3 Å². The van der Waals surface area contributed by atoms with Gasteiger partial charge in [-0.1, -0.05) is 42.5 Å². The van der Waals surface area contributed by atoms with Crippen molar-refractivity contribution in [3.8, 4) is 0 Å². The van der Waals surface area contributed by atoms with Crippen molar-refractivity contribution in [2.24, 2.45) is 0 Å². The van der Waals surface area contributed by atoms with Crippen molar-refractivity contribution in [2.75, 3.05) is 5.32 Å². The van der Waals surface area contributed by atoms with Gasteiger partial charge in [0.05, 0.1) is 10.6 Å². The lowest BCUT2D eigenvalue weighted by Crippen LogP contribution is -2.30. The molecule has 8 heteroatoms. The fourth-order valence-electron chi connectivity index (χ4n) is 3.13. The Labute approximate surface area is 178 Å². The van der Waals surface area contributed by atoms with E-state index in [0.717, 1.165) is 0 Å². The number of allylic oxidation sites excluding steroid dienone is 1. The van der Waals surface area contributed by atoms with Crippen LogP contribution in [0, 0.1) is 0 Å². The highest BCUT2D eigenvalue weighted by molar-refractivity contribution is 7.90. The minimum absolute atomic E-state index is 0.0911. The summed E-state index contributed by atoms with van der Waals surface area (Å²) < 4.78 is 27.1. The smallest absolute Gasteiger partial charge is 0.264 e. The molecule has 154 valence electrons. The molecule has 0 unspecified atom stereocenters. The molecule has 0 saturated carbocycles. The van der Waals surface area contributed by atoms with E-state index in [-0.39, 0.29) is 10.5 Å². The molecule has 0 heterocycles. The first-order valence-corrected chi connectivity index (χ1v) is 10.7. The molecule has 31 heavy (non-hydrogen) atoms. The summed E-state index contributed by atoms with van der Waals surface area (Å²) in [5.41, 5.74) is 2.07. The Morgan fingerprint density at radius 1 is 0.742 bits per heavy atom. The average molecular weight is 432 g/mol. The van der Waals surface area contributed by atoms with Gasteiger partial charge in [0, 0.05) is 28.5 Å². The second kappa shape index (κ2) is 8.00. The SMILES string of the molecule is O=C1C=C(Nc2ccc(S(=O)(=O)NC(=O)c3ccccc3)cc2)c2ccccc2C1=O. The monoisotopic (exact) mass is 432 g/mol. The van der Waals surface area contributed by atoms with E-state index in [1.807, 2.05) is 4.72 Å². The standard InChI is InChI=1S/C23H16N2O5S/c26-21-14-20(18-8-4-5-9-19(18)22(21)27)24-16-10-12-17(13-11-16)31(29,30)25-23(28)15-6-2-1-3-7-15/h1-14,24H,(H,25,28). The Hall–Kier alpha value is -4.04. The first-order chi connectivity index (χ1) is 14.8. The maximum absolute atomic E-state index is 12.5. The lowest BCUT2D eigenvalue weighted by atomic mass is 9.93. The van der Waals surface area contributed by atoms with Gasteiger partial charge in [0.15, 0.2) is 0 Å². The molecular weight excluding hydrogens is 416 g/mol. The first-order valence-electron chi connectivity index (χ1n) is 9.24. The number of Topliss-reactive ketones (excluding diaryl/α,β-unsaturated/α-hetero) is 1. The van der Waals surface area contributed by atoms with Crippen molar-refractivity contribution in [3.63, 3.8) is 0 Å². The fourth-order valence-corrected chi connectivity index (χ4v) is 4.10. The van der Waals surface area contributed by atoms with E-state index >= 15 is 0 Å².